The maximum absolute atomic E-state index is 13.7. The van der Waals surface area contributed by atoms with Crippen molar-refractivity contribution in [3.05, 3.63) is 122 Å². The lowest BCUT2D eigenvalue weighted by Gasteiger charge is -2.17. The zero-order valence-corrected chi connectivity index (χ0v) is 19.0. The summed E-state index contributed by atoms with van der Waals surface area (Å²) < 4.78 is 2.14. The maximum atomic E-state index is 13.7. The van der Waals surface area contributed by atoms with Crippen molar-refractivity contribution >= 4 is 43.6 Å². The van der Waals surface area contributed by atoms with Crippen LogP contribution in [0, 0.1) is 0 Å². The first-order chi connectivity index (χ1) is 16.1. The van der Waals surface area contributed by atoms with Crippen molar-refractivity contribution in [2.45, 2.75) is 11.9 Å². The second-order valence-electron chi connectivity index (χ2n) is 7.64. The number of hydrogen-bond acceptors (Lipinski definition) is 4. The summed E-state index contributed by atoms with van der Waals surface area (Å²) in [6, 6.07) is 25.2. The van der Waals surface area contributed by atoms with Crippen molar-refractivity contribution in [1.82, 2.24) is 14.3 Å². The predicted molar refractivity (Wildman–Crippen MR) is 132 cm³/mol. The van der Waals surface area contributed by atoms with Crippen LogP contribution in [0.15, 0.2) is 94.5 Å². The average molecular weight is 500 g/mol. The largest absolute Gasteiger partial charge is 0.299 e. The second kappa shape index (κ2) is 8.60. The molecule has 162 valence electrons. The monoisotopic (exact) mass is 499 g/mol. The lowest BCUT2D eigenvalue weighted by atomic mass is 10.1. The van der Waals surface area contributed by atoms with E-state index in [1.165, 1.54) is 4.68 Å². The summed E-state index contributed by atoms with van der Waals surface area (Å²) >= 11 is 3.40. The molecule has 33 heavy (non-hydrogen) atoms. The fourth-order valence-corrected chi connectivity index (χ4v) is 4.43. The summed E-state index contributed by atoms with van der Waals surface area (Å²) in [5.74, 6) is -0.570. The first kappa shape index (κ1) is 21.0. The molecule has 0 saturated heterocycles. The van der Waals surface area contributed by atoms with Crippen molar-refractivity contribution in [2.24, 2.45) is 0 Å². The van der Waals surface area contributed by atoms with Gasteiger partial charge in [-0.25, -0.2) is 9.67 Å². The van der Waals surface area contributed by atoms with Gasteiger partial charge in [0, 0.05) is 16.3 Å². The van der Waals surface area contributed by atoms with Gasteiger partial charge in [0.1, 0.15) is 5.52 Å². The van der Waals surface area contributed by atoms with Gasteiger partial charge in [0.2, 0.25) is 0 Å². The summed E-state index contributed by atoms with van der Waals surface area (Å²) in [4.78, 5) is 45.4. The molecule has 2 heterocycles. The SMILES string of the molecule is O=C(c1ccccc1CBr)n1c(=O)c2nc3ccccc3cc2c(=O)n1Cc1ccccc1. The van der Waals surface area contributed by atoms with Crippen molar-refractivity contribution < 1.29 is 4.79 Å². The average Bonchev–Trinajstić information content (AvgIpc) is 2.86. The minimum absolute atomic E-state index is 0.0207. The number of fused-ring (bicyclic) bond motifs is 2. The summed E-state index contributed by atoms with van der Waals surface area (Å²) in [6.45, 7) is 0.0693. The smallest absolute Gasteiger partial charge is 0.267 e. The van der Waals surface area contributed by atoms with Crippen molar-refractivity contribution in [2.75, 3.05) is 0 Å². The van der Waals surface area contributed by atoms with Crippen LogP contribution in [0.5, 0.6) is 0 Å². The van der Waals surface area contributed by atoms with E-state index in [-0.39, 0.29) is 17.4 Å². The van der Waals surface area contributed by atoms with Crippen LogP contribution in [-0.4, -0.2) is 20.3 Å². The van der Waals surface area contributed by atoms with Crippen LogP contribution < -0.4 is 11.1 Å². The molecule has 5 rings (SSSR count). The topological polar surface area (TPSA) is 74.0 Å². The minimum atomic E-state index is -0.624. The molecule has 2 aromatic heterocycles. The molecule has 0 fully saturated rings. The molecule has 0 radical (unpaired) electrons. The third-order valence-electron chi connectivity index (χ3n) is 5.58. The summed E-state index contributed by atoms with van der Waals surface area (Å²) in [6.07, 6.45) is 0. The van der Waals surface area contributed by atoms with Gasteiger partial charge in [0.15, 0.2) is 0 Å². The van der Waals surface area contributed by atoms with Crippen molar-refractivity contribution in [3.63, 3.8) is 0 Å². The van der Waals surface area contributed by atoms with E-state index in [1.54, 1.807) is 30.3 Å². The normalized spacial score (nSPS) is 11.2. The highest BCUT2D eigenvalue weighted by atomic mass is 79.9. The van der Waals surface area contributed by atoms with Crippen molar-refractivity contribution in [3.8, 4) is 0 Å². The van der Waals surface area contributed by atoms with Crippen LogP contribution >= 0.6 is 15.9 Å². The molecule has 0 saturated carbocycles. The molecule has 0 N–H and O–H groups in total. The first-order valence-electron chi connectivity index (χ1n) is 10.4. The zero-order valence-electron chi connectivity index (χ0n) is 17.4. The van der Waals surface area contributed by atoms with Gasteiger partial charge >= 0.3 is 0 Å². The third kappa shape index (κ3) is 3.70. The molecular formula is C26H18BrN3O3. The van der Waals surface area contributed by atoms with Gasteiger partial charge in [-0.05, 0) is 29.3 Å². The van der Waals surface area contributed by atoms with Gasteiger partial charge in [0.05, 0.1) is 17.4 Å². The maximum Gasteiger partial charge on any atom is 0.299 e. The Hall–Kier alpha value is -3.84. The van der Waals surface area contributed by atoms with E-state index < -0.39 is 17.0 Å². The standard InChI is InChI=1S/C26H18BrN3O3/c27-15-19-11-4-6-12-20(19)25(32)30-26(33)23-21(14-18-10-5-7-13-22(18)28-23)24(31)29(30)16-17-8-2-1-3-9-17/h1-14H,15-16H2. The molecule has 0 aliphatic rings. The molecule has 0 amide bonds. The number of halogens is 1. The molecule has 5 aromatic rings. The fourth-order valence-electron chi connectivity index (χ4n) is 3.94. The number of para-hydroxylation sites is 1. The highest BCUT2D eigenvalue weighted by Gasteiger charge is 2.22. The number of carbonyl (C=O) groups is 1. The highest BCUT2D eigenvalue weighted by Crippen LogP contribution is 2.17. The number of pyridine rings is 1. The molecule has 7 heteroatoms. The number of benzene rings is 3. The molecule has 0 bridgehead atoms. The van der Waals surface area contributed by atoms with Gasteiger partial charge in [0.25, 0.3) is 17.0 Å². The van der Waals surface area contributed by atoms with Gasteiger partial charge < -0.3 is 0 Å². The van der Waals surface area contributed by atoms with Gasteiger partial charge in [-0.2, -0.15) is 4.68 Å². The van der Waals surface area contributed by atoms with Crippen molar-refractivity contribution in [1.29, 1.82) is 0 Å². The Morgan fingerprint density at radius 3 is 2.33 bits per heavy atom. The number of carbonyl (C=O) groups excluding carboxylic acids is 1. The summed E-state index contributed by atoms with van der Waals surface area (Å²) in [7, 11) is 0. The third-order valence-corrected chi connectivity index (χ3v) is 6.19. The van der Waals surface area contributed by atoms with E-state index in [0.717, 1.165) is 21.2 Å². The molecule has 0 unspecified atom stereocenters. The summed E-state index contributed by atoms with van der Waals surface area (Å²) in [5, 5.41) is 1.37. The second-order valence-corrected chi connectivity index (χ2v) is 8.20. The molecule has 0 atom stereocenters. The number of alkyl halides is 1. The minimum Gasteiger partial charge on any atom is -0.267 e. The number of hydrogen-bond donors (Lipinski definition) is 0. The van der Waals surface area contributed by atoms with E-state index >= 15 is 0 Å². The lowest BCUT2D eigenvalue weighted by molar-refractivity contribution is 0.0919. The number of rotatable bonds is 4. The quantitative estimate of drug-likeness (QED) is 0.272. The van der Waals surface area contributed by atoms with Crippen LogP contribution in [-0.2, 0) is 11.9 Å². The Balaban J connectivity index is 1.85. The van der Waals surface area contributed by atoms with Crippen LogP contribution in [0.2, 0.25) is 0 Å². The van der Waals surface area contributed by atoms with Crippen LogP contribution in [0.4, 0.5) is 0 Å². The predicted octanol–water partition coefficient (Wildman–Crippen LogP) is 4.34. The van der Waals surface area contributed by atoms with Crippen LogP contribution in [0.3, 0.4) is 0 Å². The number of aromatic nitrogens is 3. The van der Waals surface area contributed by atoms with Crippen LogP contribution in [0.1, 0.15) is 21.5 Å². The first-order valence-corrected chi connectivity index (χ1v) is 11.5. The molecule has 0 aliphatic carbocycles. The lowest BCUT2D eigenvalue weighted by Crippen LogP contribution is -2.43. The van der Waals surface area contributed by atoms with Gasteiger partial charge in [-0.1, -0.05) is 82.7 Å². The Labute approximate surface area is 196 Å². The molecule has 3 aromatic carbocycles. The molecule has 0 aliphatic heterocycles. The van der Waals surface area contributed by atoms with E-state index in [0.29, 0.717) is 16.4 Å². The molecular weight excluding hydrogens is 482 g/mol. The van der Waals surface area contributed by atoms with E-state index in [9.17, 15) is 14.4 Å². The molecule has 0 spiro atoms. The Bertz CT molecular complexity index is 1640. The Morgan fingerprint density at radius 1 is 0.848 bits per heavy atom. The summed E-state index contributed by atoms with van der Waals surface area (Å²) in [5.41, 5.74) is 1.35. The Kier molecular flexibility index (Phi) is 5.48. The fraction of sp³-hybridized carbons (Fsp3) is 0.0769. The number of nitrogens with zero attached hydrogens (tertiary/aromatic N) is 3. The van der Waals surface area contributed by atoms with Gasteiger partial charge in [-0.3, -0.25) is 14.4 Å². The Morgan fingerprint density at radius 2 is 1.55 bits per heavy atom. The van der Waals surface area contributed by atoms with E-state index in [1.807, 2.05) is 54.6 Å². The molecule has 6 nitrogen and oxygen atoms in total. The zero-order chi connectivity index (χ0) is 22.9. The van der Waals surface area contributed by atoms with Gasteiger partial charge in [-0.15, -0.1) is 0 Å². The van der Waals surface area contributed by atoms with E-state index in [4.69, 9.17) is 0 Å². The van der Waals surface area contributed by atoms with E-state index in [2.05, 4.69) is 20.9 Å². The van der Waals surface area contributed by atoms with Crippen LogP contribution in [0.25, 0.3) is 21.8 Å². The highest BCUT2D eigenvalue weighted by molar-refractivity contribution is 9.08.